The zero-order valence-electron chi connectivity index (χ0n) is 9.96. The van der Waals surface area contributed by atoms with E-state index >= 15 is 0 Å². The summed E-state index contributed by atoms with van der Waals surface area (Å²) in [7, 11) is 0. The minimum Gasteiger partial charge on any atom is -0.324 e. The smallest absolute Gasteiger partial charge is 0.166 e. The summed E-state index contributed by atoms with van der Waals surface area (Å²) in [6, 6.07) is 0.990. The Labute approximate surface area is 111 Å². The van der Waals surface area contributed by atoms with Gasteiger partial charge in [-0.05, 0) is 30.9 Å². The molecule has 0 saturated heterocycles. The van der Waals surface area contributed by atoms with Gasteiger partial charge < -0.3 is 5.73 Å². The zero-order chi connectivity index (χ0) is 12.4. The molecule has 0 bridgehead atoms. The Bertz CT molecular complexity index is 405. The second kappa shape index (κ2) is 6.43. The summed E-state index contributed by atoms with van der Waals surface area (Å²) < 4.78 is 40.2. The van der Waals surface area contributed by atoms with Crippen molar-refractivity contribution in [3.63, 3.8) is 0 Å². The van der Waals surface area contributed by atoms with Gasteiger partial charge in [0.05, 0.1) is 0 Å². The minimum atomic E-state index is -1.14. The van der Waals surface area contributed by atoms with Crippen LogP contribution in [0, 0.1) is 23.4 Å². The summed E-state index contributed by atoms with van der Waals surface area (Å²) in [6.45, 7) is 0. The monoisotopic (exact) mass is 279 g/mol. The first-order chi connectivity index (χ1) is 8.11. The molecular weight excluding hydrogens is 263 g/mol. The normalized spacial score (nSPS) is 18.2. The molecule has 0 radical (unpaired) electrons. The van der Waals surface area contributed by atoms with Crippen molar-refractivity contribution < 1.29 is 13.2 Å². The summed E-state index contributed by atoms with van der Waals surface area (Å²) >= 11 is 0. The van der Waals surface area contributed by atoms with Gasteiger partial charge in [-0.1, -0.05) is 19.3 Å². The van der Waals surface area contributed by atoms with Crippen molar-refractivity contribution in [1.82, 2.24) is 0 Å². The third-order valence-corrected chi connectivity index (χ3v) is 3.57. The van der Waals surface area contributed by atoms with E-state index in [1.54, 1.807) is 0 Å². The molecule has 0 unspecified atom stereocenters. The molecular formula is C13H17ClF3N. The quantitative estimate of drug-likeness (QED) is 0.810. The van der Waals surface area contributed by atoms with E-state index in [4.69, 9.17) is 5.73 Å². The fourth-order valence-electron chi connectivity index (χ4n) is 2.58. The Balaban J connectivity index is 0.00000162. The van der Waals surface area contributed by atoms with E-state index in [0.29, 0.717) is 0 Å². The molecule has 1 atom stereocenters. The van der Waals surface area contributed by atoms with Crippen LogP contribution in [-0.4, -0.2) is 0 Å². The van der Waals surface area contributed by atoms with Crippen molar-refractivity contribution >= 4 is 12.4 Å². The van der Waals surface area contributed by atoms with Crippen molar-refractivity contribution in [3.8, 4) is 0 Å². The average molecular weight is 280 g/mol. The van der Waals surface area contributed by atoms with Gasteiger partial charge in [0.15, 0.2) is 11.6 Å². The molecule has 1 saturated carbocycles. The van der Waals surface area contributed by atoms with Crippen molar-refractivity contribution in [2.24, 2.45) is 11.7 Å². The van der Waals surface area contributed by atoms with Gasteiger partial charge in [0.25, 0.3) is 0 Å². The third kappa shape index (κ3) is 2.98. The van der Waals surface area contributed by atoms with Crippen molar-refractivity contribution in [2.75, 3.05) is 0 Å². The highest BCUT2D eigenvalue weighted by Crippen LogP contribution is 2.35. The molecule has 0 heterocycles. The second-order valence-corrected chi connectivity index (χ2v) is 4.68. The van der Waals surface area contributed by atoms with E-state index < -0.39 is 23.5 Å². The SMILES string of the molecule is Cl.N[C@@H](c1c(F)ccc(F)c1F)C1CCCCC1. The predicted octanol–water partition coefficient (Wildman–Crippen LogP) is 4.11. The first-order valence-corrected chi connectivity index (χ1v) is 6.00. The highest BCUT2D eigenvalue weighted by atomic mass is 35.5. The van der Waals surface area contributed by atoms with Crippen LogP contribution in [0.2, 0.25) is 0 Å². The van der Waals surface area contributed by atoms with Gasteiger partial charge in [-0.2, -0.15) is 0 Å². The number of hydrogen-bond acceptors (Lipinski definition) is 1. The van der Waals surface area contributed by atoms with Gasteiger partial charge in [0, 0.05) is 11.6 Å². The molecule has 102 valence electrons. The number of rotatable bonds is 2. The van der Waals surface area contributed by atoms with Gasteiger partial charge in [-0.25, -0.2) is 13.2 Å². The zero-order valence-corrected chi connectivity index (χ0v) is 10.8. The molecule has 18 heavy (non-hydrogen) atoms. The lowest BCUT2D eigenvalue weighted by atomic mass is 9.81. The third-order valence-electron chi connectivity index (χ3n) is 3.57. The maximum absolute atomic E-state index is 13.6. The number of hydrogen-bond donors (Lipinski definition) is 1. The Hall–Kier alpha value is -0.740. The number of nitrogens with two attached hydrogens (primary N) is 1. The first kappa shape index (κ1) is 15.3. The van der Waals surface area contributed by atoms with E-state index in [-0.39, 0.29) is 23.9 Å². The van der Waals surface area contributed by atoms with Crippen molar-refractivity contribution in [1.29, 1.82) is 0 Å². The Morgan fingerprint density at radius 2 is 1.56 bits per heavy atom. The van der Waals surface area contributed by atoms with Gasteiger partial charge in [0.1, 0.15) is 5.82 Å². The maximum atomic E-state index is 13.6. The molecule has 1 fully saturated rings. The molecule has 0 aromatic heterocycles. The van der Waals surface area contributed by atoms with Crippen LogP contribution in [0.1, 0.15) is 43.7 Å². The first-order valence-electron chi connectivity index (χ1n) is 6.00. The van der Waals surface area contributed by atoms with Crippen LogP contribution in [0.25, 0.3) is 0 Å². The van der Waals surface area contributed by atoms with Crippen LogP contribution in [0.3, 0.4) is 0 Å². The molecule has 0 amide bonds. The van der Waals surface area contributed by atoms with Crippen molar-refractivity contribution in [3.05, 3.63) is 35.1 Å². The summed E-state index contributed by atoms with van der Waals surface area (Å²) in [5.41, 5.74) is 5.60. The van der Waals surface area contributed by atoms with E-state index in [1.807, 2.05) is 0 Å². The fraction of sp³-hybridized carbons (Fsp3) is 0.538. The van der Waals surface area contributed by atoms with E-state index in [1.165, 1.54) is 0 Å². The largest absolute Gasteiger partial charge is 0.324 e. The molecule has 1 aliphatic carbocycles. The van der Waals surface area contributed by atoms with Gasteiger partial charge in [-0.3, -0.25) is 0 Å². The molecule has 1 aromatic rings. The predicted molar refractivity (Wildman–Crippen MR) is 67.1 cm³/mol. The van der Waals surface area contributed by atoms with Crippen LogP contribution in [0.4, 0.5) is 13.2 Å². The van der Waals surface area contributed by atoms with Crippen LogP contribution in [0.15, 0.2) is 12.1 Å². The van der Waals surface area contributed by atoms with Crippen LogP contribution in [-0.2, 0) is 0 Å². The van der Waals surface area contributed by atoms with Crippen LogP contribution < -0.4 is 5.73 Å². The summed E-state index contributed by atoms with van der Waals surface area (Å²) in [5.74, 6) is -2.87. The highest BCUT2D eigenvalue weighted by molar-refractivity contribution is 5.85. The summed E-state index contributed by atoms with van der Waals surface area (Å²) in [6.07, 6.45) is 4.90. The molecule has 2 rings (SSSR count). The van der Waals surface area contributed by atoms with Gasteiger partial charge in [0.2, 0.25) is 0 Å². The lowest BCUT2D eigenvalue weighted by molar-refractivity contribution is 0.295. The lowest BCUT2D eigenvalue weighted by Gasteiger charge is -2.28. The van der Waals surface area contributed by atoms with Gasteiger partial charge in [-0.15, -0.1) is 12.4 Å². The van der Waals surface area contributed by atoms with E-state index in [0.717, 1.165) is 44.2 Å². The van der Waals surface area contributed by atoms with Gasteiger partial charge >= 0.3 is 0 Å². The van der Waals surface area contributed by atoms with Crippen LogP contribution >= 0.6 is 12.4 Å². The van der Waals surface area contributed by atoms with Crippen LogP contribution in [0.5, 0.6) is 0 Å². The lowest BCUT2D eigenvalue weighted by Crippen LogP contribution is -2.26. The minimum absolute atomic E-state index is 0. The molecule has 2 N–H and O–H groups in total. The topological polar surface area (TPSA) is 26.0 Å². The fourth-order valence-corrected chi connectivity index (χ4v) is 2.58. The maximum Gasteiger partial charge on any atom is 0.166 e. The summed E-state index contributed by atoms with van der Waals surface area (Å²) in [5, 5.41) is 0. The van der Waals surface area contributed by atoms with E-state index in [9.17, 15) is 13.2 Å². The number of halogens is 4. The number of benzene rings is 1. The standard InChI is InChI=1S/C13H16F3N.ClH/c14-9-6-7-10(15)12(16)11(9)13(17)8-4-2-1-3-5-8;/h6-8,13H,1-5,17H2;1H/t13-;/m1./s1. The average Bonchev–Trinajstić information content (AvgIpc) is 2.35. The Morgan fingerprint density at radius 1 is 1.00 bits per heavy atom. The Kier molecular flexibility index (Phi) is 5.47. The van der Waals surface area contributed by atoms with Crippen molar-refractivity contribution in [2.45, 2.75) is 38.1 Å². The second-order valence-electron chi connectivity index (χ2n) is 4.68. The molecule has 5 heteroatoms. The molecule has 1 aromatic carbocycles. The molecule has 1 aliphatic rings. The Morgan fingerprint density at radius 3 is 2.17 bits per heavy atom. The summed E-state index contributed by atoms with van der Waals surface area (Å²) in [4.78, 5) is 0. The molecule has 0 spiro atoms. The molecule has 0 aliphatic heterocycles. The van der Waals surface area contributed by atoms with E-state index in [2.05, 4.69) is 0 Å². The highest BCUT2D eigenvalue weighted by Gasteiger charge is 2.27. The molecule has 1 nitrogen and oxygen atoms in total.